The first kappa shape index (κ1) is 10.0. The minimum Gasteiger partial charge on any atom is -0.332 e. The van der Waals surface area contributed by atoms with Crippen molar-refractivity contribution in [1.82, 2.24) is 10.7 Å². The third-order valence-corrected chi connectivity index (χ3v) is 2.92. The van der Waals surface area contributed by atoms with E-state index < -0.39 is 0 Å². The molecule has 0 atom stereocenters. The van der Waals surface area contributed by atoms with Crippen molar-refractivity contribution in [2.45, 2.75) is 20.4 Å². The molecular formula is C8H13N3OS. The third-order valence-electron chi connectivity index (χ3n) is 1.77. The van der Waals surface area contributed by atoms with Gasteiger partial charge in [0.1, 0.15) is 0 Å². The number of hydrogen-bond acceptors (Lipinski definition) is 3. The Labute approximate surface area is 81.1 Å². The van der Waals surface area contributed by atoms with Crippen LogP contribution in [0.15, 0.2) is 6.07 Å². The lowest BCUT2D eigenvalue weighted by atomic mass is 10.3. The van der Waals surface area contributed by atoms with Crippen molar-refractivity contribution in [2.24, 2.45) is 5.84 Å². The largest absolute Gasteiger partial charge is 0.332 e. The van der Waals surface area contributed by atoms with Crippen molar-refractivity contribution in [3.63, 3.8) is 0 Å². The molecule has 1 aromatic rings. The predicted octanol–water partition coefficient (Wildman–Crippen LogP) is 1.04. The number of hydrazine groups is 1. The summed E-state index contributed by atoms with van der Waals surface area (Å²) in [7, 11) is 0. The molecule has 0 bridgehead atoms. The Morgan fingerprint density at radius 2 is 2.31 bits per heavy atom. The molecule has 72 valence electrons. The minimum atomic E-state index is -0.358. The van der Waals surface area contributed by atoms with Crippen LogP contribution in [0.2, 0.25) is 0 Å². The normalized spacial score (nSPS) is 9.77. The van der Waals surface area contributed by atoms with Gasteiger partial charge in [0.05, 0.1) is 6.54 Å². The second kappa shape index (κ2) is 4.25. The fourth-order valence-corrected chi connectivity index (χ4v) is 1.95. The van der Waals surface area contributed by atoms with Crippen molar-refractivity contribution >= 4 is 17.4 Å². The number of urea groups is 1. The Bertz CT molecular complexity index is 289. The Morgan fingerprint density at radius 3 is 2.77 bits per heavy atom. The van der Waals surface area contributed by atoms with Crippen molar-refractivity contribution < 1.29 is 4.79 Å². The Hall–Kier alpha value is -1.07. The van der Waals surface area contributed by atoms with Gasteiger partial charge in [0.15, 0.2) is 0 Å². The lowest BCUT2D eigenvalue weighted by Crippen LogP contribution is -2.39. The van der Waals surface area contributed by atoms with Crippen LogP contribution in [0.4, 0.5) is 4.79 Å². The zero-order chi connectivity index (χ0) is 9.84. The second-order valence-corrected chi connectivity index (χ2v) is 4.12. The topological polar surface area (TPSA) is 67.2 Å². The summed E-state index contributed by atoms with van der Waals surface area (Å²) in [6, 6.07) is 1.71. The summed E-state index contributed by atoms with van der Waals surface area (Å²) >= 11 is 1.68. The highest BCUT2D eigenvalue weighted by molar-refractivity contribution is 7.12. The van der Waals surface area contributed by atoms with Crippen LogP contribution >= 0.6 is 11.3 Å². The number of amides is 2. The SMILES string of the molecule is Cc1cc(CNC(=O)NN)sc1C. The van der Waals surface area contributed by atoms with E-state index in [0.717, 1.165) is 4.88 Å². The van der Waals surface area contributed by atoms with Gasteiger partial charge in [0.2, 0.25) is 0 Å². The number of aryl methyl sites for hydroxylation is 2. The monoisotopic (exact) mass is 199 g/mol. The van der Waals surface area contributed by atoms with Gasteiger partial charge in [-0.05, 0) is 25.5 Å². The Balaban J connectivity index is 2.50. The average molecular weight is 199 g/mol. The molecule has 5 heteroatoms. The molecule has 1 heterocycles. The summed E-state index contributed by atoms with van der Waals surface area (Å²) in [6.45, 7) is 4.65. The van der Waals surface area contributed by atoms with Gasteiger partial charge in [-0.3, -0.25) is 5.43 Å². The van der Waals surface area contributed by atoms with E-state index in [1.165, 1.54) is 10.4 Å². The summed E-state index contributed by atoms with van der Waals surface area (Å²) in [5, 5.41) is 2.62. The second-order valence-electron chi connectivity index (χ2n) is 2.78. The van der Waals surface area contributed by atoms with Crippen molar-refractivity contribution in [3.05, 3.63) is 21.4 Å². The summed E-state index contributed by atoms with van der Waals surface area (Å²) < 4.78 is 0. The summed E-state index contributed by atoms with van der Waals surface area (Å²) in [5.74, 6) is 4.91. The van der Waals surface area contributed by atoms with Crippen LogP contribution in [0.3, 0.4) is 0 Å². The Morgan fingerprint density at radius 1 is 1.62 bits per heavy atom. The van der Waals surface area contributed by atoms with E-state index in [0.29, 0.717) is 6.54 Å². The van der Waals surface area contributed by atoms with Gasteiger partial charge in [-0.2, -0.15) is 0 Å². The van der Waals surface area contributed by atoms with E-state index in [1.807, 2.05) is 5.43 Å². The number of thiophene rings is 1. The van der Waals surface area contributed by atoms with Gasteiger partial charge in [-0.15, -0.1) is 11.3 Å². The van der Waals surface area contributed by atoms with E-state index in [4.69, 9.17) is 5.84 Å². The quantitative estimate of drug-likeness (QED) is 0.378. The predicted molar refractivity (Wildman–Crippen MR) is 53.4 cm³/mol. The molecule has 0 unspecified atom stereocenters. The van der Waals surface area contributed by atoms with Gasteiger partial charge in [-0.1, -0.05) is 0 Å². The molecule has 13 heavy (non-hydrogen) atoms. The van der Waals surface area contributed by atoms with Gasteiger partial charge in [-0.25, -0.2) is 10.6 Å². The molecule has 0 aliphatic heterocycles. The molecule has 0 aliphatic carbocycles. The molecule has 2 amide bonds. The number of nitrogens with two attached hydrogens (primary N) is 1. The molecule has 0 fully saturated rings. The first-order valence-corrected chi connectivity index (χ1v) is 4.75. The molecule has 4 N–H and O–H groups in total. The molecule has 0 spiro atoms. The smallest absolute Gasteiger partial charge is 0.329 e. The van der Waals surface area contributed by atoms with E-state index in [-0.39, 0.29) is 6.03 Å². The standard InChI is InChI=1S/C8H13N3OS/c1-5-3-7(13-6(5)2)4-10-8(12)11-9/h3H,4,9H2,1-2H3,(H2,10,11,12). The molecule has 0 saturated heterocycles. The molecule has 0 saturated carbocycles. The molecule has 0 radical (unpaired) electrons. The van der Waals surface area contributed by atoms with Crippen LogP contribution in [-0.2, 0) is 6.54 Å². The highest BCUT2D eigenvalue weighted by atomic mass is 32.1. The van der Waals surface area contributed by atoms with Crippen LogP contribution in [0.1, 0.15) is 15.3 Å². The van der Waals surface area contributed by atoms with Gasteiger partial charge < -0.3 is 5.32 Å². The molecule has 4 nitrogen and oxygen atoms in total. The van der Waals surface area contributed by atoms with E-state index in [1.54, 1.807) is 11.3 Å². The number of carbonyl (C=O) groups excluding carboxylic acids is 1. The van der Waals surface area contributed by atoms with E-state index in [2.05, 4.69) is 25.2 Å². The number of carbonyl (C=O) groups is 1. The Kier molecular flexibility index (Phi) is 3.27. The molecular weight excluding hydrogens is 186 g/mol. The zero-order valence-corrected chi connectivity index (χ0v) is 8.49. The molecule has 0 aliphatic rings. The molecule has 0 aromatic carbocycles. The van der Waals surface area contributed by atoms with Crippen LogP contribution in [-0.4, -0.2) is 6.03 Å². The van der Waals surface area contributed by atoms with E-state index in [9.17, 15) is 4.79 Å². The summed E-state index contributed by atoms with van der Waals surface area (Å²) in [4.78, 5) is 13.2. The highest BCUT2D eigenvalue weighted by Gasteiger charge is 2.02. The number of rotatable bonds is 2. The molecule has 1 aromatic heterocycles. The van der Waals surface area contributed by atoms with Crippen LogP contribution in [0, 0.1) is 13.8 Å². The van der Waals surface area contributed by atoms with Gasteiger partial charge >= 0.3 is 6.03 Å². The first-order chi connectivity index (χ1) is 6.13. The number of nitrogens with one attached hydrogen (secondary N) is 2. The van der Waals surface area contributed by atoms with Crippen LogP contribution in [0.25, 0.3) is 0 Å². The first-order valence-electron chi connectivity index (χ1n) is 3.94. The van der Waals surface area contributed by atoms with Gasteiger partial charge in [0.25, 0.3) is 0 Å². The van der Waals surface area contributed by atoms with Crippen molar-refractivity contribution in [3.8, 4) is 0 Å². The zero-order valence-electron chi connectivity index (χ0n) is 7.68. The van der Waals surface area contributed by atoms with E-state index >= 15 is 0 Å². The summed E-state index contributed by atoms with van der Waals surface area (Å²) in [6.07, 6.45) is 0. The maximum Gasteiger partial charge on any atom is 0.329 e. The van der Waals surface area contributed by atoms with Crippen molar-refractivity contribution in [1.29, 1.82) is 0 Å². The third kappa shape index (κ3) is 2.71. The fraction of sp³-hybridized carbons (Fsp3) is 0.375. The summed E-state index contributed by atoms with van der Waals surface area (Å²) in [5.41, 5.74) is 3.27. The maximum atomic E-state index is 10.7. The molecule has 1 rings (SSSR count). The fourth-order valence-electron chi connectivity index (χ4n) is 0.955. The lowest BCUT2D eigenvalue weighted by Gasteiger charge is -2.00. The average Bonchev–Trinajstić information content (AvgIpc) is 2.42. The van der Waals surface area contributed by atoms with Gasteiger partial charge in [0, 0.05) is 9.75 Å². The minimum absolute atomic E-state index is 0.358. The van der Waals surface area contributed by atoms with Crippen molar-refractivity contribution in [2.75, 3.05) is 0 Å². The lowest BCUT2D eigenvalue weighted by molar-refractivity contribution is 0.241. The number of hydrogen-bond donors (Lipinski definition) is 3. The van der Waals surface area contributed by atoms with Crippen LogP contribution < -0.4 is 16.6 Å². The maximum absolute atomic E-state index is 10.7. The highest BCUT2D eigenvalue weighted by Crippen LogP contribution is 2.19. The van der Waals surface area contributed by atoms with Crippen LogP contribution in [0.5, 0.6) is 0 Å².